The van der Waals surface area contributed by atoms with Crippen LogP contribution in [0.25, 0.3) is 0 Å². The minimum absolute atomic E-state index is 0. The van der Waals surface area contributed by atoms with E-state index in [1.54, 1.807) is 14.2 Å². The molecule has 1 atom stereocenters. The van der Waals surface area contributed by atoms with Crippen molar-refractivity contribution in [3.05, 3.63) is 6.92 Å². The Morgan fingerprint density at radius 3 is 2.00 bits per heavy atom. The first kappa shape index (κ1) is 17.7. The van der Waals surface area contributed by atoms with Crippen molar-refractivity contribution in [3.63, 3.8) is 0 Å². The van der Waals surface area contributed by atoms with Gasteiger partial charge in [0.05, 0.1) is 0 Å². The van der Waals surface area contributed by atoms with Crippen molar-refractivity contribution in [2.75, 3.05) is 20.8 Å². The van der Waals surface area contributed by atoms with Gasteiger partial charge in [-0.05, 0) is 6.10 Å². The molecular formula is C7H14O3Y-2. The van der Waals surface area contributed by atoms with Crippen LogP contribution in [-0.4, -0.2) is 33.2 Å². The van der Waals surface area contributed by atoms with Crippen molar-refractivity contribution in [3.8, 4) is 0 Å². The Balaban J connectivity index is -0.000000140. The molecule has 0 aliphatic carbocycles. The van der Waals surface area contributed by atoms with Gasteiger partial charge < -0.3 is 21.2 Å². The molecule has 0 saturated heterocycles. The number of carbonyl (C=O) groups excluding carboxylic acids is 1. The van der Waals surface area contributed by atoms with Crippen LogP contribution in [-0.2, 0) is 47.0 Å². The van der Waals surface area contributed by atoms with Gasteiger partial charge in [-0.3, -0.25) is 6.29 Å². The van der Waals surface area contributed by atoms with Crippen LogP contribution < -0.4 is 0 Å². The van der Waals surface area contributed by atoms with Crippen molar-refractivity contribution < 1.29 is 47.0 Å². The SMILES string of the molecule is C[C-]=O.[CH2-]C(COC)OC.[Y]. The van der Waals surface area contributed by atoms with Gasteiger partial charge in [0.25, 0.3) is 0 Å². The average molecular weight is 235 g/mol. The number of methoxy groups -OCH3 is 2. The molecule has 0 fully saturated rings. The molecule has 65 valence electrons. The second-order valence-corrected chi connectivity index (χ2v) is 1.52. The van der Waals surface area contributed by atoms with Crippen LogP contribution in [0, 0.1) is 6.92 Å². The van der Waals surface area contributed by atoms with Crippen LogP contribution in [0.2, 0.25) is 0 Å². The molecule has 0 N–H and O–H groups in total. The maximum Gasteiger partial charge on any atom is 0.0441 e. The third-order valence-electron chi connectivity index (χ3n) is 0.686. The zero-order valence-corrected chi connectivity index (χ0v) is 10.1. The Morgan fingerprint density at radius 2 is 1.91 bits per heavy atom. The van der Waals surface area contributed by atoms with Crippen LogP contribution in [0.4, 0.5) is 0 Å². The third kappa shape index (κ3) is 24.9. The van der Waals surface area contributed by atoms with Gasteiger partial charge in [0.15, 0.2) is 0 Å². The van der Waals surface area contributed by atoms with E-state index in [1.165, 1.54) is 13.2 Å². The van der Waals surface area contributed by atoms with Crippen LogP contribution in [0.5, 0.6) is 0 Å². The first-order valence-corrected chi connectivity index (χ1v) is 2.86. The summed E-state index contributed by atoms with van der Waals surface area (Å²) in [6.07, 6.45) is 1.48. The van der Waals surface area contributed by atoms with E-state index in [-0.39, 0.29) is 38.8 Å². The summed E-state index contributed by atoms with van der Waals surface area (Å²) < 4.78 is 9.46. The van der Waals surface area contributed by atoms with Crippen LogP contribution in [0.15, 0.2) is 0 Å². The molecule has 1 unspecified atom stereocenters. The van der Waals surface area contributed by atoms with Gasteiger partial charge in [0.1, 0.15) is 0 Å². The number of ether oxygens (including phenoxy) is 2. The maximum absolute atomic E-state index is 8.68. The number of rotatable bonds is 3. The minimum Gasteiger partial charge on any atom is -0.542 e. The molecule has 0 bridgehead atoms. The largest absolute Gasteiger partial charge is 0.542 e. The van der Waals surface area contributed by atoms with E-state index < -0.39 is 0 Å². The predicted octanol–water partition coefficient (Wildman–Crippen LogP) is 0.595. The molecule has 11 heavy (non-hydrogen) atoms. The molecule has 0 aliphatic heterocycles. The first-order chi connectivity index (χ1) is 4.72. The van der Waals surface area contributed by atoms with E-state index in [0.717, 1.165) is 0 Å². The fraction of sp³-hybridized carbons (Fsp3) is 0.714. The summed E-state index contributed by atoms with van der Waals surface area (Å²) >= 11 is 0. The first-order valence-electron chi connectivity index (χ1n) is 2.86. The molecule has 3 nitrogen and oxygen atoms in total. The molecule has 0 rings (SSSR count). The normalized spacial score (nSPS) is 10.2. The summed E-state index contributed by atoms with van der Waals surface area (Å²) in [6.45, 7) is 5.48. The molecule has 0 aromatic heterocycles. The van der Waals surface area contributed by atoms with E-state index in [0.29, 0.717) is 6.61 Å². The Bertz CT molecular complexity index is 68.7. The second-order valence-electron chi connectivity index (χ2n) is 1.52. The van der Waals surface area contributed by atoms with Crippen molar-refractivity contribution in [2.45, 2.75) is 13.0 Å². The molecule has 0 aromatic rings. The summed E-state index contributed by atoms with van der Waals surface area (Å²) in [5, 5.41) is 0. The smallest absolute Gasteiger partial charge is 0.0441 e. The molecule has 4 heteroatoms. The molecule has 0 heterocycles. The molecule has 0 spiro atoms. The fourth-order valence-corrected chi connectivity index (χ4v) is 0.254. The van der Waals surface area contributed by atoms with Gasteiger partial charge in [0.2, 0.25) is 0 Å². The van der Waals surface area contributed by atoms with Crippen LogP contribution >= 0.6 is 0 Å². The Morgan fingerprint density at radius 1 is 1.55 bits per heavy atom. The predicted molar refractivity (Wildman–Crippen MR) is 39.4 cm³/mol. The van der Waals surface area contributed by atoms with Crippen molar-refractivity contribution in [2.24, 2.45) is 0 Å². The van der Waals surface area contributed by atoms with E-state index in [1.807, 2.05) is 0 Å². The molecule has 0 aliphatic rings. The average Bonchev–Trinajstić information content (AvgIpc) is 1.90. The third-order valence-corrected chi connectivity index (χ3v) is 0.686. The van der Waals surface area contributed by atoms with E-state index in [9.17, 15) is 0 Å². The summed E-state index contributed by atoms with van der Waals surface area (Å²) in [5.41, 5.74) is 0. The van der Waals surface area contributed by atoms with Gasteiger partial charge >= 0.3 is 0 Å². The topological polar surface area (TPSA) is 35.5 Å². The van der Waals surface area contributed by atoms with Gasteiger partial charge in [-0.1, -0.05) is 0 Å². The van der Waals surface area contributed by atoms with E-state index >= 15 is 0 Å². The minimum atomic E-state index is -0.0231. The molecule has 0 aromatic carbocycles. The quantitative estimate of drug-likeness (QED) is 0.672. The zero-order chi connectivity index (χ0) is 8.41. The van der Waals surface area contributed by atoms with Crippen molar-refractivity contribution >= 4 is 6.29 Å². The van der Waals surface area contributed by atoms with E-state index in [2.05, 4.69) is 6.92 Å². The van der Waals surface area contributed by atoms with Crippen LogP contribution in [0.1, 0.15) is 6.92 Å². The monoisotopic (exact) mass is 235 g/mol. The summed E-state index contributed by atoms with van der Waals surface area (Å²) in [7, 11) is 3.23. The van der Waals surface area contributed by atoms with Crippen molar-refractivity contribution in [1.29, 1.82) is 0 Å². The molecular weight excluding hydrogens is 221 g/mol. The second kappa shape index (κ2) is 17.0. The Hall–Kier alpha value is 0.694. The summed E-state index contributed by atoms with van der Waals surface area (Å²) in [5.74, 6) is 0. The molecule has 0 amide bonds. The van der Waals surface area contributed by atoms with Gasteiger partial charge in [0, 0.05) is 53.5 Å². The Kier molecular flexibility index (Phi) is 27.3. The molecule has 1 radical (unpaired) electrons. The fourth-order valence-electron chi connectivity index (χ4n) is 0.254. The van der Waals surface area contributed by atoms with Gasteiger partial charge in [-0.15, -0.1) is 0 Å². The summed E-state index contributed by atoms with van der Waals surface area (Å²) in [4.78, 5) is 8.68. The molecule has 0 saturated carbocycles. The number of hydrogen-bond acceptors (Lipinski definition) is 3. The van der Waals surface area contributed by atoms with Crippen LogP contribution in [0.3, 0.4) is 0 Å². The zero-order valence-electron chi connectivity index (χ0n) is 7.29. The van der Waals surface area contributed by atoms with Crippen molar-refractivity contribution in [1.82, 2.24) is 0 Å². The van der Waals surface area contributed by atoms with Gasteiger partial charge in [-0.25, -0.2) is 0 Å². The number of hydrogen-bond donors (Lipinski definition) is 0. The summed E-state index contributed by atoms with van der Waals surface area (Å²) in [6, 6.07) is 0. The standard InChI is InChI=1S/C5H11O2.C2H3O.Y/c1-5(7-3)4-6-2;1-2-3;/h5H,1,4H2,2-3H3;1H3;/q2*-1;. The Labute approximate surface area is 93.7 Å². The van der Waals surface area contributed by atoms with Gasteiger partial charge in [-0.2, -0.15) is 6.92 Å². The van der Waals surface area contributed by atoms with E-state index in [4.69, 9.17) is 14.3 Å². The maximum atomic E-state index is 8.68.